The summed E-state index contributed by atoms with van der Waals surface area (Å²) in [4.78, 5) is 30.0. The molecule has 4 aromatic rings. The number of aromatic nitrogens is 3. The van der Waals surface area contributed by atoms with Crippen LogP contribution in [-0.4, -0.2) is 69.0 Å². The van der Waals surface area contributed by atoms with Gasteiger partial charge in [0.15, 0.2) is 11.5 Å². The van der Waals surface area contributed by atoms with E-state index in [4.69, 9.17) is 5.26 Å². The standard InChI is InChI=1S/C25H24N6O2/c26-10-5-11-31-16-20(18-6-2-4-9-22(18)31)23(32)17-29-12-14-30(15-13-29)25(33)24-19-7-1-3-8-21(19)27-28-24/h1-4,6-9,16H,5,11-15,17H2,(H,27,28). The van der Waals surface area contributed by atoms with Crippen LogP contribution in [0.5, 0.6) is 0 Å². The zero-order valence-corrected chi connectivity index (χ0v) is 18.2. The van der Waals surface area contributed by atoms with E-state index in [-0.39, 0.29) is 11.7 Å². The molecule has 33 heavy (non-hydrogen) atoms. The van der Waals surface area contributed by atoms with E-state index in [0.717, 1.165) is 21.8 Å². The summed E-state index contributed by atoms with van der Waals surface area (Å²) in [5, 5.41) is 17.8. The lowest BCUT2D eigenvalue weighted by Crippen LogP contribution is -2.50. The molecule has 3 heterocycles. The molecule has 1 N–H and O–H groups in total. The van der Waals surface area contributed by atoms with E-state index < -0.39 is 0 Å². The molecular formula is C25H24N6O2. The molecule has 2 aromatic carbocycles. The lowest BCUT2D eigenvalue weighted by Gasteiger charge is -2.34. The van der Waals surface area contributed by atoms with Crippen molar-refractivity contribution in [3.8, 4) is 6.07 Å². The fourth-order valence-corrected chi connectivity index (χ4v) is 4.50. The van der Waals surface area contributed by atoms with Crippen LogP contribution in [0.4, 0.5) is 0 Å². The topological polar surface area (TPSA) is 98.0 Å². The van der Waals surface area contributed by atoms with Crippen LogP contribution in [0, 0.1) is 11.3 Å². The Balaban J connectivity index is 1.25. The zero-order valence-electron chi connectivity index (χ0n) is 18.2. The molecule has 1 aliphatic rings. The lowest BCUT2D eigenvalue weighted by molar-refractivity contribution is 0.0621. The molecule has 1 fully saturated rings. The molecule has 0 saturated carbocycles. The normalized spacial score (nSPS) is 14.6. The fraction of sp³-hybridized carbons (Fsp3) is 0.280. The average Bonchev–Trinajstić information content (AvgIpc) is 3.45. The predicted molar refractivity (Wildman–Crippen MR) is 125 cm³/mol. The van der Waals surface area contributed by atoms with E-state index >= 15 is 0 Å². The minimum Gasteiger partial charge on any atom is -0.346 e. The van der Waals surface area contributed by atoms with Crippen molar-refractivity contribution in [1.29, 1.82) is 5.26 Å². The number of rotatable bonds is 6. The first-order chi connectivity index (χ1) is 16.2. The number of nitriles is 1. The Hall–Kier alpha value is -3.96. The highest BCUT2D eigenvalue weighted by Gasteiger charge is 2.26. The van der Waals surface area contributed by atoms with Gasteiger partial charge in [0.2, 0.25) is 0 Å². The van der Waals surface area contributed by atoms with Gasteiger partial charge in [0, 0.05) is 60.8 Å². The molecule has 1 amide bonds. The highest BCUT2D eigenvalue weighted by molar-refractivity contribution is 6.09. The number of nitrogens with zero attached hydrogens (tertiary/aromatic N) is 5. The summed E-state index contributed by atoms with van der Waals surface area (Å²) in [6, 6.07) is 17.6. The highest BCUT2D eigenvalue weighted by atomic mass is 16.2. The molecule has 5 rings (SSSR count). The number of H-pyrrole nitrogens is 1. The van der Waals surface area contributed by atoms with Gasteiger partial charge in [-0.15, -0.1) is 0 Å². The largest absolute Gasteiger partial charge is 0.346 e. The molecule has 0 atom stereocenters. The van der Waals surface area contributed by atoms with Gasteiger partial charge in [0.25, 0.3) is 5.91 Å². The molecule has 2 aromatic heterocycles. The van der Waals surface area contributed by atoms with Crippen molar-refractivity contribution < 1.29 is 9.59 Å². The predicted octanol–water partition coefficient (Wildman–Crippen LogP) is 3.07. The van der Waals surface area contributed by atoms with E-state index in [2.05, 4.69) is 21.2 Å². The fourth-order valence-electron chi connectivity index (χ4n) is 4.50. The molecule has 8 nitrogen and oxygen atoms in total. The van der Waals surface area contributed by atoms with E-state index in [1.807, 2.05) is 59.3 Å². The summed E-state index contributed by atoms with van der Waals surface area (Å²) in [6.07, 6.45) is 2.26. The smallest absolute Gasteiger partial charge is 0.275 e. The van der Waals surface area contributed by atoms with E-state index in [1.54, 1.807) is 4.90 Å². The van der Waals surface area contributed by atoms with Gasteiger partial charge in [0.1, 0.15) is 0 Å². The van der Waals surface area contributed by atoms with Crippen LogP contribution in [0.15, 0.2) is 54.7 Å². The summed E-state index contributed by atoms with van der Waals surface area (Å²) in [6.45, 7) is 3.24. The van der Waals surface area contributed by atoms with E-state index in [0.29, 0.717) is 56.9 Å². The van der Waals surface area contributed by atoms with E-state index in [1.165, 1.54) is 0 Å². The molecule has 0 spiro atoms. The number of ketones is 1. The Bertz CT molecular complexity index is 1370. The first kappa shape index (κ1) is 20.9. The molecule has 166 valence electrons. The molecule has 0 bridgehead atoms. The Labute approximate surface area is 191 Å². The maximum atomic E-state index is 13.1. The Kier molecular flexibility index (Phi) is 5.63. The minimum atomic E-state index is -0.0843. The van der Waals surface area contributed by atoms with Gasteiger partial charge in [-0.1, -0.05) is 36.4 Å². The third kappa shape index (κ3) is 3.99. The molecule has 0 unspecified atom stereocenters. The Morgan fingerprint density at radius 1 is 1.00 bits per heavy atom. The molecule has 0 radical (unpaired) electrons. The van der Waals surface area contributed by atoms with Crippen molar-refractivity contribution >= 4 is 33.5 Å². The summed E-state index contributed by atoms with van der Waals surface area (Å²) < 4.78 is 1.98. The van der Waals surface area contributed by atoms with Crippen LogP contribution >= 0.6 is 0 Å². The summed E-state index contributed by atoms with van der Waals surface area (Å²) in [5.41, 5.74) is 2.95. The second kappa shape index (κ2) is 8.88. The van der Waals surface area contributed by atoms with Crippen molar-refractivity contribution in [3.05, 3.63) is 66.0 Å². The van der Waals surface area contributed by atoms with Gasteiger partial charge in [-0.2, -0.15) is 10.4 Å². The first-order valence-electron chi connectivity index (χ1n) is 11.1. The van der Waals surface area contributed by atoms with Crippen molar-refractivity contribution in [2.75, 3.05) is 32.7 Å². The zero-order chi connectivity index (χ0) is 22.8. The van der Waals surface area contributed by atoms with Gasteiger partial charge in [-0.3, -0.25) is 19.6 Å². The number of nitrogens with one attached hydrogen (secondary N) is 1. The lowest BCUT2D eigenvalue weighted by atomic mass is 10.1. The maximum absolute atomic E-state index is 13.1. The number of carbonyl (C=O) groups is 2. The quantitative estimate of drug-likeness (QED) is 0.465. The van der Waals surface area contributed by atoms with Crippen LogP contribution in [0.25, 0.3) is 21.8 Å². The summed E-state index contributed by atoms with van der Waals surface area (Å²) in [7, 11) is 0. The van der Waals surface area contributed by atoms with Crippen molar-refractivity contribution in [1.82, 2.24) is 24.6 Å². The number of aromatic amines is 1. The van der Waals surface area contributed by atoms with Gasteiger partial charge < -0.3 is 9.47 Å². The van der Waals surface area contributed by atoms with Gasteiger partial charge in [0.05, 0.1) is 24.6 Å². The SMILES string of the molecule is N#CCCn1cc(C(=O)CN2CCN(C(=O)c3n[nH]c4ccccc34)CC2)c2ccccc21. The number of hydrogen-bond donors (Lipinski definition) is 1. The van der Waals surface area contributed by atoms with Crippen molar-refractivity contribution in [3.63, 3.8) is 0 Å². The first-order valence-corrected chi connectivity index (χ1v) is 11.1. The Morgan fingerprint density at radius 3 is 2.52 bits per heavy atom. The van der Waals surface area contributed by atoms with Crippen LogP contribution in [0.1, 0.15) is 27.3 Å². The van der Waals surface area contributed by atoms with Gasteiger partial charge >= 0.3 is 0 Å². The minimum absolute atomic E-state index is 0.0555. The number of piperazine rings is 1. The number of fused-ring (bicyclic) bond motifs is 2. The second-order valence-electron chi connectivity index (χ2n) is 8.27. The number of aryl methyl sites for hydroxylation is 1. The van der Waals surface area contributed by atoms with Crippen LogP contribution in [0.2, 0.25) is 0 Å². The number of amides is 1. The Morgan fingerprint density at radius 2 is 1.73 bits per heavy atom. The number of carbonyl (C=O) groups excluding carboxylic acids is 2. The number of hydrogen-bond acceptors (Lipinski definition) is 5. The van der Waals surface area contributed by atoms with Crippen LogP contribution < -0.4 is 0 Å². The maximum Gasteiger partial charge on any atom is 0.275 e. The monoisotopic (exact) mass is 440 g/mol. The van der Waals surface area contributed by atoms with Crippen LogP contribution in [0.3, 0.4) is 0 Å². The third-order valence-corrected chi connectivity index (χ3v) is 6.25. The highest BCUT2D eigenvalue weighted by Crippen LogP contribution is 2.23. The van der Waals surface area contributed by atoms with Gasteiger partial charge in [-0.25, -0.2) is 0 Å². The second-order valence-corrected chi connectivity index (χ2v) is 8.27. The van der Waals surface area contributed by atoms with E-state index in [9.17, 15) is 9.59 Å². The summed E-state index contributed by atoms with van der Waals surface area (Å²) >= 11 is 0. The molecule has 0 aliphatic carbocycles. The van der Waals surface area contributed by atoms with Crippen LogP contribution in [-0.2, 0) is 6.54 Å². The van der Waals surface area contributed by atoms with Gasteiger partial charge in [-0.05, 0) is 12.1 Å². The number of benzene rings is 2. The number of Topliss-reactive ketones (excluding diaryl/α,β-unsaturated/α-hetero) is 1. The van der Waals surface area contributed by atoms with Crippen molar-refractivity contribution in [2.45, 2.75) is 13.0 Å². The average molecular weight is 441 g/mol. The number of para-hydroxylation sites is 2. The molecular weight excluding hydrogens is 416 g/mol. The molecule has 8 heteroatoms. The molecule has 1 aliphatic heterocycles. The van der Waals surface area contributed by atoms with Crippen molar-refractivity contribution in [2.24, 2.45) is 0 Å². The summed E-state index contributed by atoms with van der Waals surface area (Å²) in [5.74, 6) is -0.0287. The molecule has 1 saturated heterocycles. The third-order valence-electron chi connectivity index (χ3n) is 6.25.